The zero-order chi connectivity index (χ0) is 20.0. The second kappa shape index (κ2) is 9.28. The van der Waals surface area contributed by atoms with Gasteiger partial charge in [-0.05, 0) is 29.8 Å². The fourth-order valence-corrected chi connectivity index (χ4v) is 2.86. The number of hydrogen-bond acceptors (Lipinski definition) is 4. The van der Waals surface area contributed by atoms with Crippen LogP contribution in [0.5, 0.6) is 5.75 Å². The maximum absolute atomic E-state index is 11.7. The van der Waals surface area contributed by atoms with Crippen LogP contribution in [0.3, 0.4) is 0 Å². The van der Waals surface area contributed by atoms with Crippen molar-refractivity contribution in [2.75, 3.05) is 0 Å². The van der Waals surface area contributed by atoms with Crippen LogP contribution in [0, 0.1) is 11.3 Å². The molecule has 6 nitrogen and oxygen atoms in total. The van der Waals surface area contributed by atoms with E-state index in [1.165, 1.54) is 18.2 Å². The van der Waals surface area contributed by atoms with Crippen molar-refractivity contribution in [2.45, 2.75) is 6.61 Å². The third-order valence-electron chi connectivity index (χ3n) is 3.26. The average molecular weight is 425 g/mol. The lowest BCUT2D eigenvalue weighted by Crippen LogP contribution is -2.35. The molecule has 3 amide bonds. The van der Waals surface area contributed by atoms with Crippen LogP contribution < -0.4 is 15.8 Å². The van der Waals surface area contributed by atoms with Crippen LogP contribution in [0.25, 0.3) is 6.08 Å². The number of imide groups is 1. The van der Waals surface area contributed by atoms with E-state index in [2.05, 4.69) is 0 Å². The lowest BCUT2D eigenvalue weighted by atomic mass is 10.1. The first kappa shape index (κ1) is 20.6. The molecule has 0 radical (unpaired) electrons. The quantitative estimate of drug-likeness (QED) is 0.550. The lowest BCUT2D eigenvalue weighted by molar-refractivity contribution is -0.115. The first-order chi connectivity index (χ1) is 12.8. The number of benzene rings is 2. The van der Waals surface area contributed by atoms with Crippen LogP contribution >= 0.6 is 34.8 Å². The highest BCUT2D eigenvalue weighted by molar-refractivity contribution is 6.37. The van der Waals surface area contributed by atoms with Gasteiger partial charge in [-0.3, -0.25) is 10.1 Å². The van der Waals surface area contributed by atoms with E-state index in [0.717, 1.165) is 5.56 Å². The van der Waals surface area contributed by atoms with Crippen LogP contribution in [0.4, 0.5) is 4.79 Å². The molecule has 9 heteroatoms. The third kappa shape index (κ3) is 5.63. The number of halogens is 3. The number of rotatable bonds is 5. The summed E-state index contributed by atoms with van der Waals surface area (Å²) >= 11 is 18.5. The molecule has 138 valence electrons. The molecule has 0 heterocycles. The van der Waals surface area contributed by atoms with Gasteiger partial charge in [-0.2, -0.15) is 5.26 Å². The Morgan fingerprint density at radius 3 is 2.33 bits per heavy atom. The van der Waals surface area contributed by atoms with Gasteiger partial charge in [-0.25, -0.2) is 4.79 Å². The SMILES string of the molecule is N#C/C(=C/c1cc(Cl)c(OCc2ccccc2Cl)c(Cl)c1)C(=O)NC(N)=O. The van der Waals surface area contributed by atoms with Crippen molar-refractivity contribution >= 4 is 52.8 Å². The smallest absolute Gasteiger partial charge is 0.319 e. The molecule has 3 N–H and O–H groups in total. The predicted octanol–water partition coefficient (Wildman–Crippen LogP) is 4.33. The maximum Gasteiger partial charge on any atom is 0.319 e. The monoisotopic (exact) mass is 423 g/mol. The Morgan fingerprint density at radius 2 is 1.78 bits per heavy atom. The highest BCUT2D eigenvalue weighted by Gasteiger charge is 2.14. The molecule has 27 heavy (non-hydrogen) atoms. The highest BCUT2D eigenvalue weighted by Crippen LogP contribution is 2.35. The van der Waals surface area contributed by atoms with Crippen LogP contribution in [-0.2, 0) is 11.4 Å². The summed E-state index contributed by atoms with van der Waals surface area (Å²) in [6, 6.07) is 10.7. The summed E-state index contributed by atoms with van der Waals surface area (Å²) in [5.41, 5.74) is 5.64. The molecular formula is C18H12Cl3N3O3. The van der Waals surface area contributed by atoms with E-state index in [-0.39, 0.29) is 28.0 Å². The number of carbonyl (C=O) groups excluding carboxylic acids is 2. The summed E-state index contributed by atoms with van der Waals surface area (Å²) in [4.78, 5) is 22.4. The molecule has 0 saturated heterocycles. The average Bonchev–Trinajstić information content (AvgIpc) is 2.59. The standard InChI is InChI=1S/C18H12Cl3N3O3/c19-13-4-2-1-3-11(13)9-27-16-14(20)6-10(7-15(16)21)5-12(8-22)17(25)24-18(23)26/h1-7H,9H2,(H3,23,24,25,26)/b12-5-. The maximum atomic E-state index is 11.7. The minimum absolute atomic E-state index is 0.152. The van der Waals surface area contributed by atoms with Crippen molar-refractivity contribution in [3.05, 3.63) is 68.2 Å². The summed E-state index contributed by atoms with van der Waals surface area (Å²) in [7, 11) is 0. The summed E-state index contributed by atoms with van der Waals surface area (Å²) in [6.07, 6.45) is 1.22. The molecule has 0 aliphatic rings. The number of amides is 3. The van der Waals surface area contributed by atoms with Crippen LogP contribution in [0.2, 0.25) is 15.1 Å². The molecule has 0 aliphatic heterocycles. The number of urea groups is 1. The third-order valence-corrected chi connectivity index (χ3v) is 4.19. The van der Waals surface area contributed by atoms with Crippen LogP contribution in [-0.4, -0.2) is 11.9 Å². The lowest BCUT2D eigenvalue weighted by Gasteiger charge is -2.12. The Hall–Kier alpha value is -2.72. The first-order valence-electron chi connectivity index (χ1n) is 7.39. The van der Waals surface area contributed by atoms with E-state index in [1.807, 2.05) is 6.07 Å². The predicted molar refractivity (Wildman–Crippen MR) is 104 cm³/mol. The van der Waals surface area contributed by atoms with Gasteiger partial charge in [0.15, 0.2) is 5.75 Å². The number of ether oxygens (including phenoxy) is 1. The normalized spacial score (nSPS) is 10.8. The zero-order valence-electron chi connectivity index (χ0n) is 13.6. The molecule has 0 aromatic heterocycles. The second-order valence-electron chi connectivity index (χ2n) is 5.18. The molecule has 2 aromatic carbocycles. The van der Waals surface area contributed by atoms with Gasteiger partial charge in [-0.1, -0.05) is 53.0 Å². The van der Waals surface area contributed by atoms with Gasteiger partial charge in [0, 0.05) is 10.6 Å². The van der Waals surface area contributed by atoms with E-state index in [9.17, 15) is 9.59 Å². The van der Waals surface area contributed by atoms with Crippen LogP contribution in [0.15, 0.2) is 42.0 Å². The van der Waals surface area contributed by atoms with Crippen molar-refractivity contribution < 1.29 is 14.3 Å². The number of nitrogens with one attached hydrogen (secondary N) is 1. The minimum atomic E-state index is -1.07. The Balaban J connectivity index is 2.24. The fraction of sp³-hybridized carbons (Fsp3) is 0.0556. The van der Waals surface area contributed by atoms with Gasteiger partial charge >= 0.3 is 6.03 Å². The Morgan fingerprint density at radius 1 is 1.15 bits per heavy atom. The summed E-state index contributed by atoms with van der Waals surface area (Å²) < 4.78 is 5.65. The molecule has 0 saturated carbocycles. The fourth-order valence-electron chi connectivity index (χ4n) is 2.06. The van der Waals surface area contributed by atoms with Crippen LogP contribution in [0.1, 0.15) is 11.1 Å². The van der Waals surface area contributed by atoms with Crippen molar-refractivity contribution in [3.8, 4) is 11.8 Å². The minimum Gasteiger partial charge on any atom is -0.486 e. The van der Waals surface area contributed by atoms with Gasteiger partial charge in [0.2, 0.25) is 0 Å². The van der Waals surface area contributed by atoms with E-state index >= 15 is 0 Å². The molecule has 0 bridgehead atoms. The molecular weight excluding hydrogens is 413 g/mol. The van der Waals surface area contributed by atoms with E-state index in [1.54, 1.807) is 29.6 Å². The Kier molecular flexibility index (Phi) is 7.08. The highest BCUT2D eigenvalue weighted by atomic mass is 35.5. The number of nitrogens with two attached hydrogens (primary N) is 1. The van der Waals surface area contributed by atoms with Gasteiger partial charge in [-0.15, -0.1) is 0 Å². The number of carbonyl (C=O) groups is 2. The van der Waals surface area contributed by atoms with Gasteiger partial charge in [0.1, 0.15) is 18.2 Å². The molecule has 0 fully saturated rings. The number of nitrogens with zero attached hydrogens (tertiary/aromatic N) is 1. The summed E-state index contributed by atoms with van der Waals surface area (Å²) in [5.74, 6) is -0.702. The molecule has 0 atom stereocenters. The molecule has 2 rings (SSSR count). The van der Waals surface area contributed by atoms with E-state index in [4.69, 9.17) is 50.5 Å². The molecule has 0 spiro atoms. The first-order valence-corrected chi connectivity index (χ1v) is 8.53. The largest absolute Gasteiger partial charge is 0.486 e. The Bertz CT molecular complexity index is 945. The number of nitriles is 1. The number of hydrogen-bond donors (Lipinski definition) is 2. The van der Waals surface area contributed by atoms with Gasteiger partial charge in [0.25, 0.3) is 5.91 Å². The number of primary amides is 1. The van der Waals surface area contributed by atoms with Crippen molar-refractivity contribution in [2.24, 2.45) is 5.73 Å². The van der Waals surface area contributed by atoms with Crippen molar-refractivity contribution in [1.29, 1.82) is 5.26 Å². The zero-order valence-corrected chi connectivity index (χ0v) is 15.9. The van der Waals surface area contributed by atoms with E-state index in [0.29, 0.717) is 10.6 Å². The molecule has 2 aromatic rings. The van der Waals surface area contributed by atoms with Gasteiger partial charge in [0.05, 0.1) is 10.0 Å². The topological polar surface area (TPSA) is 105 Å². The van der Waals surface area contributed by atoms with Crippen molar-refractivity contribution in [1.82, 2.24) is 5.32 Å². The summed E-state index contributed by atoms with van der Waals surface area (Å²) in [5, 5.41) is 11.8. The van der Waals surface area contributed by atoms with E-state index < -0.39 is 11.9 Å². The second-order valence-corrected chi connectivity index (χ2v) is 6.40. The van der Waals surface area contributed by atoms with Crippen molar-refractivity contribution in [3.63, 3.8) is 0 Å². The molecule has 0 unspecified atom stereocenters. The summed E-state index contributed by atoms with van der Waals surface area (Å²) in [6.45, 7) is 0.152. The molecule has 0 aliphatic carbocycles. The Labute approximate surface area is 170 Å². The van der Waals surface area contributed by atoms with Gasteiger partial charge < -0.3 is 10.5 Å².